The van der Waals surface area contributed by atoms with Gasteiger partial charge in [-0.15, -0.1) is 23.2 Å². The monoisotopic (exact) mass is 429 g/mol. The Morgan fingerprint density at radius 1 is 1.25 bits per heavy atom. The van der Waals surface area contributed by atoms with E-state index in [4.69, 9.17) is 32.5 Å². The Morgan fingerprint density at radius 3 is 2.39 bits per heavy atom. The normalized spacial score (nSPS) is 33.3. The average Bonchev–Trinajstić information content (AvgIpc) is 3.36. The lowest BCUT2D eigenvalue weighted by Crippen LogP contribution is -2.38. The van der Waals surface area contributed by atoms with Crippen molar-refractivity contribution in [2.45, 2.75) is 24.1 Å². The number of ether oxygens (including phenoxy) is 1. The van der Waals surface area contributed by atoms with Crippen LogP contribution in [0.1, 0.15) is 12.2 Å². The van der Waals surface area contributed by atoms with Gasteiger partial charge in [-0.2, -0.15) is 0 Å². The van der Waals surface area contributed by atoms with Crippen LogP contribution in [0.2, 0.25) is 0 Å². The lowest BCUT2D eigenvalue weighted by molar-refractivity contribution is -0.154. The summed E-state index contributed by atoms with van der Waals surface area (Å²) in [6.45, 7) is 0.542. The molecule has 6 atom stereocenters. The molecule has 0 unspecified atom stereocenters. The quantitative estimate of drug-likeness (QED) is 0.419. The number of esters is 1. The lowest BCUT2D eigenvalue weighted by atomic mass is 9.80. The van der Waals surface area contributed by atoms with Gasteiger partial charge in [-0.3, -0.25) is 24.1 Å². The molecule has 4 rings (SSSR count). The second-order valence-electron chi connectivity index (χ2n) is 7.30. The molecule has 1 aliphatic heterocycles. The fraction of sp³-hybridized carbons (Fsp3) is 0.588. The first-order valence-corrected chi connectivity index (χ1v) is 9.67. The summed E-state index contributed by atoms with van der Waals surface area (Å²) in [6.07, 6.45) is 0.648. The molecular weight excluding hydrogens is 413 g/mol. The number of hydrogen-bond acceptors (Lipinski definition) is 7. The predicted molar refractivity (Wildman–Crippen MR) is 95.4 cm³/mol. The van der Waals surface area contributed by atoms with E-state index in [-0.39, 0.29) is 28.4 Å². The first-order valence-electron chi connectivity index (χ1n) is 8.80. The van der Waals surface area contributed by atoms with E-state index >= 15 is 0 Å². The molecule has 150 valence electrons. The number of likely N-dealkylation sites (tertiary alicyclic amines) is 1. The maximum Gasteiger partial charge on any atom is 0.326 e. The minimum Gasteiger partial charge on any atom is -0.454 e. The Labute approximate surface area is 169 Å². The van der Waals surface area contributed by atoms with Crippen LogP contribution in [0.4, 0.5) is 5.82 Å². The molecule has 3 amide bonds. The summed E-state index contributed by atoms with van der Waals surface area (Å²) in [6, 6.07) is 1.50. The Kier molecular flexibility index (Phi) is 4.83. The average molecular weight is 430 g/mol. The van der Waals surface area contributed by atoms with Gasteiger partial charge in [0.2, 0.25) is 11.8 Å². The molecule has 1 saturated heterocycles. The summed E-state index contributed by atoms with van der Waals surface area (Å²) in [4.78, 5) is 50.0. The number of nitrogens with one attached hydrogen (secondary N) is 1. The van der Waals surface area contributed by atoms with E-state index in [0.29, 0.717) is 12.2 Å². The number of nitrogens with zero attached hydrogens (tertiary/aromatic N) is 2. The molecule has 2 bridgehead atoms. The summed E-state index contributed by atoms with van der Waals surface area (Å²) in [5.41, 5.74) is 0. The number of hydrogen-bond donors (Lipinski definition) is 1. The van der Waals surface area contributed by atoms with Gasteiger partial charge in [0, 0.05) is 6.07 Å². The van der Waals surface area contributed by atoms with Crippen LogP contribution in [0, 0.1) is 30.6 Å². The molecule has 1 aromatic rings. The first kappa shape index (κ1) is 19.2. The van der Waals surface area contributed by atoms with Crippen LogP contribution in [-0.4, -0.2) is 57.7 Å². The number of aromatic nitrogens is 1. The van der Waals surface area contributed by atoms with Crippen LogP contribution in [0.3, 0.4) is 0 Å². The van der Waals surface area contributed by atoms with E-state index in [1.807, 2.05) is 0 Å². The molecule has 1 N–H and O–H groups in total. The largest absolute Gasteiger partial charge is 0.454 e. The maximum atomic E-state index is 12.7. The topological polar surface area (TPSA) is 119 Å². The third-order valence-corrected chi connectivity index (χ3v) is 6.94. The molecule has 9 nitrogen and oxygen atoms in total. The fourth-order valence-electron chi connectivity index (χ4n) is 4.49. The summed E-state index contributed by atoms with van der Waals surface area (Å²) >= 11 is 12.6. The molecule has 2 saturated carbocycles. The number of aryl methyl sites for hydroxylation is 1. The highest BCUT2D eigenvalue weighted by atomic mass is 35.5. The zero-order valence-corrected chi connectivity index (χ0v) is 16.3. The molecule has 0 spiro atoms. The second kappa shape index (κ2) is 7.04. The van der Waals surface area contributed by atoms with Crippen molar-refractivity contribution in [3.05, 3.63) is 11.8 Å². The highest BCUT2D eigenvalue weighted by Crippen LogP contribution is 2.59. The third-order valence-electron chi connectivity index (χ3n) is 5.63. The Morgan fingerprint density at radius 2 is 1.86 bits per heavy atom. The lowest BCUT2D eigenvalue weighted by Gasteiger charge is -2.28. The smallest absolute Gasteiger partial charge is 0.326 e. The van der Waals surface area contributed by atoms with E-state index in [0.717, 1.165) is 4.90 Å². The van der Waals surface area contributed by atoms with Crippen molar-refractivity contribution in [3.8, 4) is 0 Å². The molecule has 11 heteroatoms. The van der Waals surface area contributed by atoms with E-state index in [1.54, 1.807) is 6.92 Å². The number of carbonyl (C=O) groups is 4. The minimum absolute atomic E-state index is 0.159. The molecule has 0 radical (unpaired) electrons. The van der Waals surface area contributed by atoms with Gasteiger partial charge in [0.05, 0.1) is 22.6 Å². The van der Waals surface area contributed by atoms with Crippen LogP contribution < -0.4 is 5.32 Å². The highest BCUT2D eigenvalue weighted by Gasteiger charge is 2.66. The number of halogens is 2. The van der Waals surface area contributed by atoms with Gasteiger partial charge in [0.25, 0.3) is 5.91 Å². The van der Waals surface area contributed by atoms with Gasteiger partial charge in [-0.1, -0.05) is 5.16 Å². The Balaban J connectivity index is 1.32. The van der Waals surface area contributed by atoms with Gasteiger partial charge in [-0.05, 0) is 25.2 Å². The van der Waals surface area contributed by atoms with Crippen LogP contribution in [0.15, 0.2) is 10.6 Å². The summed E-state index contributed by atoms with van der Waals surface area (Å²) in [7, 11) is 0. The summed E-state index contributed by atoms with van der Waals surface area (Å²) in [5, 5.41) is 5.26. The van der Waals surface area contributed by atoms with Crippen molar-refractivity contribution < 1.29 is 28.4 Å². The summed E-state index contributed by atoms with van der Waals surface area (Å²) < 4.78 is 9.67. The van der Waals surface area contributed by atoms with Crippen molar-refractivity contribution in [2.24, 2.45) is 23.7 Å². The molecule has 28 heavy (non-hydrogen) atoms. The van der Waals surface area contributed by atoms with E-state index < -0.39 is 48.7 Å². The van der Waals surface area contributed by atoms with E-state index in [1.165, 1.54) is 6.07 Å². The minimum atomic E-state index is -0.856. The molecule has 3 aliphatic rings. The van der Waals surface area contributed by atoms with Crippen molar-refractivity contribution in [2.75, 3.05) is 18.5 Å². The highest BCUT2D eigenvalue weighted by molar-refractivity contribution is 6.31. The van der Waals surface area contributed by atoms with Crippen LogP contribution in [0.25, 0.3) is 0 Å². The number of amides is 3. The second-order valence-corrected chi connectivity index (χ2v) is 8.31. The van der Waals surface area contributed by atoms with Crippen molar-refractivity contribution in [3.63, 3.8) is 0 Å². The molecule has 2 heterocycles. The molecule has 0 aromatic carbocycles. The van der Waals surface area contributed by atoms with Crippen LogP contribution in [0.5, 0.6) is 0 Å². The molecular formula is C17H17Cl2N3O6. The van der Waals surface area contributed by atoms with Gasteiger partial charge in [-0.25, -0.2) is 0 Å². The van der Waals surface area contributed by atoms with Gasteiger partial charge < -0.3 is 14.6 Å². The van der Waals surface area contributed by atoms with Crippen molar-refractivity contribution >= 4 is 52.7 Å². The SMILES string of the molecule is Cc1cc(NC(=O)COC(=O)CN2C(=O)[C@@H]3[C@H]4C[C@@H]([C@H](Cl)[C@H]4Cl)[C@@H]3C2=O)no1. The van der Waals surface area contributed by atoms with Crippen LogP contribution in [-0.2, 0) is 23.9 Å². The number of anilines is 1. The molecule has 2 aliphatic carbocycles. The van der Waals surface area contributed by atoms with Crippen LogP contribution >= 0.6 is 23.2 Å². The van der Waals surface area contributed by atoms with Crippen molar-refractivity contribution in [1.29, 1.82) is 0 Å². The van der Waals surface area contributed by atoms with E-state index in [9.17, 15) is 19.2 Å². The number of fused-ring (bicyclic) bond motifs is 5. The number of imide groups is 1. The standard InChI is InChI=1S/C17H17Cl2N3O6/c1-6-2-9(21-28-6)20-10(23)5-27-11(24)4-22-16(25)12-7-3-8(13(12)17(22)26)15(19)14(7)18/h2,7-8,12-15H,3-5H2,1H3,(H,20,21,23)/t7-,8-,12-,13+,14+,15+/m1/s1. The fourth-order valence-corrected chi connectivity index (χ4v) is 5.38. The van der Waals surface area contributed by atoms with Crippen molar-refractivity contribution in [1.82, 2.24) is 10.1 Å². The van der Waals surface area contributed by atoms with E-state index in [2.05, 4.69) is 10.5 Å². The first-order chi connectivity index (χ1) is 13.3. The van der Waals surface area contributed by atoms with Gasteiger partial charge >= 0.3 is 5.97 Å². The molecule has 3 fully saturated rings. The Bertz CT molecular complexity index is 826. The third kappa shape index (κ3) is 3.06. The maximum absolute atomic E-state index is 12.7. The zero-order valence-electron chi connectivity index (χ0n) is 14.8. The Hall–Kier alpha value is -2.13. The number of carbonyl (C=O) groups excluding carboxylic acids is 4. The number of alkyl halides is 2. The zero-order chi connectivity index (χ0) is 20.2. The summed E-state index contributed by atoms with van der Waals surface area (Å²) in [5.74, 6) is -2.98. The molecule has 1 aromatic heterocycles. The van der Waals surface area contributed by atoms with Gasteiger partial charge in [0.15, 0.2) is 12.4 Å². The van der Waals surface area contributed by atoms with Gasteiger partial charge in [0.1, 0.15) is 12.3 Å². The predicted octanol–water partition coefficient (Wildman–Crippen LogP) is 0.930. The number of rotatable bonds is 5.